The number of hydrogen-bond donors (Lipinski definition) is 0. The van der Waals surface area contributed by atoms with E-state index in [1.807, 2.05) is 24.9 Å². The highest BCUT2D eigenvalue weighted by molar-refractivity contribution is 5.80. The van der Waals surface area contributed by atoms with Crippen LogP contribution in [0.15, 0.2) is 6.20 Å². The molecule has 0 radical (unpaired) electrons. The lowest BCUT2D eigenvalue weighted by Crippen LogP contribution is -2.44. The highest BCUT2D eigenvalue weighted by atomic mass is 16.5. The van der Waals surface area contributed by atoms with Crippen molar-refractivity contribution >= 4 is 5.91 Å². The Bertz CT molecular complexity index is 526. The molecule has 122 valence electrons. The number of nitrogens with zero attached hydrogens (tertiary/aromatic N) is 3. The van der Waals surface area contributed by atoms with Crippen LogP contribution in [0.25, 0.3) is 0 Å². The van der Waals surface area contributed by atoms with Gasteiger partial charge in [-0.15, -0.1) is 0 Å². The van der Waals surface area contributed by atoms with Crippen LogP contribution in [0, 0.1) is 0 Å². The summed E-state index contributed by atoms with van der Waals surface area (Å²) >= 11 is 0. The zero-order valence-electron chi connectivity index (χ0n) is 13.8. The van der Waals surface area contributed by atoms with Crippen molar-refractivity contribution in [3.8, 4) is 0 Å². The van der Waals surface area contributed by atoms with Gasteiger partial charge in [-0.1, -0.05) is 0 Å². The fourth-order valence-electron chi connectivity index (χ4n) is 3.75. The van der Waals surface area contributed by atoms with Gasteiger partial charge in [0.25, 0.3) is 5.91 Å². The minimum atomic E-state index is -0.335. The van der Waals surface area contributed by atoms with Gasteiger partial charge in [0.2, 0.25) is 0 Å². The molecule has 0 spiro atoms. The van der Waals surface area contributed by atoms with Crippen LogP contribution in [0.5, 0.6) is 0 Å². The Morgan fingerprint density at radius 1 is 1.41 bits per heavy atom. The summed E-state index contributed by atoms with van der Waals surface area (Å²) < 4.78 is 7.86. The summed E-state index contributed by atoms with van der Waals surface area (Å²) in [4.78, 5) is 19.1. The summed E-state index contributed by atoms with van der Waals surface area (Å²) in [5.41, 5.74) is 1.37. The van der Waals surface area contributed by atoms with Gasteiger partial charge < -0.3 is 14.2 Å². The molecule has 3 heterocycles. The third kappa shape index (κ3) is 3.05. The van der Waals surface area contributed by atoms with E-state index in [9.17, 15) is 4.79 Å². The van der Waals surface area contributed by atoms with E-state index in [2.05, 4.69) is 4.57 Å². The fraction of sp³-hybridized carbons (Fsp3) is 0.765. The number of ether oxygens (including phenoxy) is 1. The van der Waals surface area contributed by atoms with Crippen molar-refractivity contribution in [2.24, 2.45) is 0 Å². The number of rotatable bonds is 4. The maximum atomic E-state index is 12.5. The van der Waals surface area contributed by atoms with Gasteiger partial charge in [-0.05, 0) is 46.0 Å². The molecule has 3 rings (SSSR count). The first-order valence-corrected chi connectivity index (χ1v) is 8.65. The van der Waals surface area contributed by atoms with Gasteiger partial charge in [-0.3, -0.25) is 4.79 Å². The average molecular weight is 305 g/mol. The van der Waals surface area contributed by atoms with Crippen LogP contribution in [0.1, 0.15) is 57.0 Å². The lowest BCUT2D eigenvalue weighted by molar-refractivity contribution is -0.143. The minimum Gasteiger partial charge on any atom is -0.369 e. The van der Waals surface area contributed by atoms with Crippen molar-refractivity contribution < 1.29 is 9.53 Å². The van der Waals surface area contributed by atoms with Crippen molar-refractivity contribution in [3.05, 3.63) is 17.7 Å². The van der Waals surface area contributed by atoms with Crippen LogP contribution < -0.4 is 0 Å². The molecule has 0 saturated carbocycles. The molecule has 1 aromatic rings. The predicted molar refractivity (Wildman–Crippen MR) is 84.8 cm³/mol. The van der Waals surface area contributed by atoms with Crippen LogP contribution in [-0.2, 0) is 22.5 Å². The monoisotopic (exact) mass is 305 g/mol. The molecule has 1 amide bonds. The van der Waals surface area contributed by atoms with Crippen LogP contribution in [0.4, 0.5) is 0 Å². The number of amides is 1. The first-order valence-electron chi connectivity index (χ1n) is 8.65. The molecular weight excluding hydrogens is 278 g/mol. The summed E-state index contributed by atoms with van der Waals surface area (Å²) in [5.74, 6) is 1.69. The van der Waals surface area contributed by atoms with Crippen molar-refractivity contribution in [3.63, 3.8) is 0 Å². The van der Waals surface area contributed by atoms with Gasteiger partial charge >= 0.3 is 0 Å². The maximum Gasteiger partial charge on any atom is 0.251 e. The number of carbonyl (C=O) groups excluding carboxylic acids is 1. The number of carbonyl (C=O) groups is 1. The summed E-state index contributed by atoms with van der Waals surface area (Å²) in [5, 5.41) is 0. The number of piperidine rings is 1. The fourth-order valence-corrected chi connectivity index (χ4v) is 3.75. The van der Waals surface area contributed by atoms with E-state index in [1.54, 1.807) is 0 Å². The van der Waals surface area contributed by atoms with Gasteiger partial charge in [-0.2, -0.15) is 0 Å². The Labute approximate surface area is 132 Å². The van der Waals surface area contributed by atoms with Crippen molar-refractivity contribution in [1.29, 1.82) is 0 Å². The van der Waals surface area contributed by atoms with Crippen molar-refractivity contribution in [2.75, 3.05) is 19.7 Å². The number of hydrogen-bond acceptors (Lipinski definition) is 3. The highest BCUT2D eigenvalue weighted by Gasteiger charge is 2.30. The molecule has 0 unspecified atom stereocenters. The van der Waals surface area contributed by atoms with Gasteiger partial charge in [0.15, 0.2) is 0 Å². The maximum absolute atomic E-state index is 12.5. The first kappa shape index (κ1) is 15.5. The number of likely N-dealkylation sites (tertiary alicyclic amines) is 1. The Morgan fingerprint density at radius 3 is 3.09 bits per heavy atom. The van der Waals surface area contributed by atoms with E-state index in [1.165, 1.54) is 24.4 Å². The van der Waals surface area contributed by atoms with E-state index >= 15 is 0 Å². The second-order valence-electron chi connectivity index (χ2n) is 6.44. The molecule has 0 aliphatic carbocycles. The molecule has 22 heavy (non-hydrogen) atoms. The van der Waals surface area contributed by atoms with E-state index < -0.39 is 0 Å². The molecule has 0 N–H and O–H groups in total. The quantitative estimate of drug-likeness (QED) is 0.858. The number of imidazole rings is 1. The predicted octanol–water partition coefficient (Wildman–Crippen LogP) is 2.35. The second kappa shape index (κ2) is 6.82. The molecule has 0 aromatic carbocycles. The molecule has 1 saturated heterocycles. The smallest absolute Gasteiger partial charge is 0.251 e. The standard InChI is InChI=1S/C17H27N3O2/c1-3-22-13(2)17(21)19-9-6-7-14(12-19)16-18-11-15-8-4-5-10-20(15)16/h11,13-14H,3-10,12H2,1-2H3/t13-,14+/m1/s1. The summed E-state index contributed by atoms with van der Waals surface area (Å²) in [6.45, 7) is 7.09. The zero-order chi connectivity index (χ0) is 15.5. The molecule has 1 fully saturated rings. The van der Waals surface area contributed by atoms with Crippen LogP contribution in [-0.4, -0.2) is 46.2 Å². The van der Waals surface area contributed by atoms with E-state index in [0.29, 0.717) is 12.5 Å². The Morgan fingerprint density at radius 2 is 2.27 bits per heavy atom. The Balaban J connectivity index is 1.70. The normalized spacial score (nSPS) is 23.2. The summed E-state index contributed by atoms with van der Waals surface area (Å²) in [6.07, 6.45) is 7.54. The second-order valence-corrected chi connectivity index (χ2v) is 6.44. The summed E-state index contributed by atoms with van der Waals surface area (Å²) in [7, 11) is 0. The number of fused-ring (bicyclic) bond motifs is 1. The third-order valence-electron chi connectivity index (χ3n) is 4.90. The molecule has 1 aromatic heterocycles. The van der Waals surface area contributed by atoms with Gasteiger partial charge in [-0.25, -0.2) is 4.98 Å². The Kier molecular flexibility index (Phi) is 4.81. The van der Waals surface area contributed by atoms with Gasteiger partial charge in [0.05, 0.1) is 0 Å². The van der Waals surface area contributed by atoms with Crippen LogP contribution in [0.3, 0.4) is 0 Å². The van der Waals surface area contributed by atoms with E-state index in [4.69, 9.17) is 9.72 Å². The average Bonchev–Trinajstić information content (AvgIpc) is 2.98. The lowest BCUT2D eigenvalue weighted by Gasteiger charge is -2.34. The first-order chi connectivity index (χ1) is 10.7. The Hall–Kier alpha value is -1.36. The van der Waals surface area contributed by atoms with Crippen molar-refractivity contribution in [2.45, 2.75) is 64.5 Å². The highest BCUT2D eigenvalue weighted by Crippen LogP contribution is 2.29. The van der Waals surface area contributed by atoms with Crippen LogP contribution in [0.2, 0.25) is 0 Å². The number of aromatic nitrogens is 2. The topological polar surface area (TPSA) is 47.4 Å². The molecule has 2 aliphatic rings. The van der Waals surface area contributed by atoms with Crippen LogP contribution >= 0.6 is 0 Å². The minimum absolute atomic E-state index is 0.122. The number of aryl methyl sites for hydroxylation is 1. The molecule has 2 aliphatic heterocycles. The van der Waals surface area contributed by atoms with E-state index in [-0.39, 0.29) is 12.0 Å². The van der Waals surface area contributed by atoms with Gasteiger partial charge in [0.1, 0.15) is 11.9 Å². The molecular formula is C17H27N3O2. The largest absolute Gasteiger partial charge is 0.369 e. The van der Waals surface area contributed by atoms with Gasteiger partial charge in [0, 0.05) is 44.0 Å². The summed E-state index contributed by atoms with van der Waals surface area (Å²) in [6, 6.07) is 0. The third-order valence-corrected chi connectivity index (χ3v) is 4.90. The molecule has 5 nitrogen and oxygen atoms in total. The van der Waals surface area contributed by atoms with Crippen molar-refractivity contribution in [1.82, 2.24) is 14.5 Å². The lowest BCUT2D eigenvalue weighted by atomic mass is 9.96. The molecule has 0 bridgehead atoms. The van der Waals surface area contributed by atoms with E-state index in [0.717, 1.165) is 38.9 Å². The molecule has 5 heteroatoms. The molecule has 2 atom stereocenters. The SMILES string of the molecule is CCO[C@H](C)C(=O)N1CCC[C@H](c2ncc3n2CCCC3)C1. The zero-order valence-corrected chi connectivity index (χ0v) is 13.8.